The number of rotatable bonds is 3. The van der Waals surface area contributed by atoms with Crippen LogP contribution in [0.2, 0.25) is 0 Å². The molecule has 3 nitrogen and oxygen atoms in total. The molecule has 2 saturated heterocycles. The van der Waals surface area contributed by atoms with Crippen molar-refractivity contribution in [2.75, 3.05) is 11.9 Å². The Morgan fingerprint density at radius 2 is 1.95 bits per heavy atom. The number of fused-ring (bicyclic) bond motifs is 2. The average molecular weight is 258 g/mol. The van der Waals surface area contributed by atoms with E-state index >= 15 is 0 Å². The number of Topliss-reactive ketones (excluding diaryl/α,β-unsaturated/α-hetero) is 1. The van der Waals surface area contributed by atoms with Crippen LogP contribution in [0.3, 0.4) is 0 Å². The van der Waals surface area contributed by atoms with Crippen LogP contribution in [0.1, 0.15) is 43.0 Å². The Hall–Kier alpha value is -1.35. The maximum atomic E-state index is 11.5. The highest BCUT2D eigenvalue weighted by Gasteiger charge is 2.40. The minimum atomic E-state index is 0.152. The lowest BCUT2D eigenvalue weighted by Crippen LogP contribution is -2.48. The number of anilines is 1. The molecule has 2 unspecified atom stereocenters. The Balaban J connectivity index is 1.87. The van der Waals surface area contributed by atoms with Gasteiger partial charge in [0.25, 0.3) is 0 Å². The molecule has 102 valence electrons. The van der Waals surface area contributed by atoms with Crippen LogP contribution in [0, 0.1) is 0 Å². The summed E-state index contributed by atoms with van der Waals surface area (Å²) in [7, 11) is 2.07. The molecule has 1 aromatic rings. The summed E-state index contributed by atoms with van der Waals surface area (Å²) in [4.78, 5) is 14.1. The smallest absolute Gasteiger partial charge is 0.159 e. The zero-order valence-corrected chi connectivity index (χ0v) is 11.7. The first-order valence-electron chi connectivity index (χ1n) is 7.25. The van der Waals surface area contributed by atoms with E-state index in [1.807, 2.05) is 12.1 Å². The Bertz CT molecular complexity index is 471. The van der Waals surface area contributed by atoms with Crippen molar-refractivity contribution in [3.05, 3.63) is 29.8 Å². The second kappa shape index (κ2) is 4.97. The molecule has 0 amide bonds. The number of ketones is 1. The fraction of sp³-hybridized carbons (Fsp3) is 0.562. The fourth-order valence-electron chi connectivity index (χ4n) is 3.72. The Kier molecular flexibility index (Phi) is 3.31. The maximum Gasteiger partial charge on any atom is 0.159 e. The molecule has 2 atom stereocenters. The van der Waals surface area contributed by atoms with E-state index in [1.54, 1.807) is 6.92 Å². The first-order valence-corrected chi connectivity index (χ1v) is 7.25. The minimum Gasteiger partial charge on any atom is -0.365 e. The molecule has 1 N–H and O–H groups in total. The van der Waals surface area contributed by atoms with Crippen LogP contribution in [0.4, 0.5) is 5.69 Å². The third kappa shape index (κ3) is 2.27. The summed E-state index contributed by atoms with van der Waals surface area (Å²) in [6.45, 7) is 1.64. The van der Waals surface area contributed by atoms with Crippen LogP contribution in [-0.4, -0.2) is 31.0 Å². The zero-order valence-electron chi connectivity index (χ0n) is 11.7. The second-order valence-electron chi connectivity index (χ2n) is 5.86. The Labute approximate surface area is 115 Å². The first kappa shape index (κ1) is 12.7. The van der Waals surface area contributed by atoms with Gasteiger partial charge < -0.3 is 10.2 Å². The van der Waals surface area contributed by atoms with Crippen LogP contribution in [0.25, 0.3) is 0 Å². The van der Waals surface area contributed by atoms with Crippen molar-refractivity contribution in [1.82, 2.24) is 5.32 Å². The Morgan fingerprint density at radius 3 is 2.53 bits per heavy atom. The lowest BCUT2D eigenvalue weighted by atomic mass is 9.96. The molecule has 0 aromatic heterocycles. The molecule has 0 saturated carbocycles. The van der Waals surface area contributed by atoms with Crippen molar-refractivity contribution in [3.63, 3.8) is 0 Å². The molecule has 2 heterocycles. The summed E-state index contributed by atoms with van der Waals surface area (Å²) >= 11 is 0. The minimum absolute atomic E-state index is 0.152. The molecule has 0 radical (unpaired) electrons. The first-order chi connectivity index (χ1) is 9.19. The number of hydrogen-bond donors (Lipinski definition) is 1. The zero-order chi connectivity index (χ0) is 13.4. The third-order valence-electron chi connectivity index (χ3n) is 4.69. The molecule has 2 fully saturated rings. The third-order valence-corrected chi connectivity index (χ3v) is 4.69. The molecule has 1 aromatic carbocycles. The summed E-state index contributed by atoms with van der Waals surface area (Å²) in [5.74, 6) is 0.152. The predicted molar refractivity (Wildman–Crippen MR) is 77.8 cm³/mol. The van der Waals surface area contributed by atoms with E-state index in [0.29, 0.717) is 18.1 Å². The van der Waals surface area contributed by atoms with E-state index in [9.17, 15) is 4.79 Å². The van der Waals surface area contributed by atoms with Crippen LogP contribution >= 0.6 is 0 Å². The molecule has 2 bridgehead atoms. The fourth-order valence-corrected chi connectivity index (χ4v) is 3.72. The van der Waals surface area contributed by atoms with E-state index in [-0.39, 0.29) is 5.78 Å². The predicted octanol–water partition coefficient (Wildman–Crippen LogP) is 2.61. The van der Waals surface area contributed by atoms with E-state index in [2.05, 4.69) is 29.4 Å². The summed E-state index contributed by atoms with van der Waals surface area (Å²) < 4.78 is 0. The van der Waals surface area contributed by atoms with Gasteiger partial charge in [0, 0.05) is 29.4 Å². The van der Waals surface area contributed by atoms with E-state index in [4.69, 9.17) is 0 Å². The van der Waals surface area contributed by atoms with Gasteiger partial charge in [-0.2, -0.15) is 0 Å². The largest absolute Gasteiger partial charge is 0.365 e. The molecular formula is C16H22N2O. The van der Waals surface area contributed by atoms with Crippen molar-refractivity contribution in [2.24, 2.45) is 0 Å². The lowest BCUT2D eigenvalue weighted by molar-refractivity contribution is 0.101. The van der Waals surface area contributed by atoms with Gasteiger partial charge in [-0.05, 0) is 51.8 Å². The SMILES string of the molecule is CNC1CC2CCC(C1)N2c1cccc(C(C)=O)c1. The Morgan fingerprint density at radius 1 is 1.26 bits per heavy atom. The van der Waals surface area contributed by atoms with Gasteiger partial charge in [0.15, 0.2) is 5.78 Å². The number of nitrogens with zero attached hydrogens (tertiary/aromatic N) is 1. The van der Waals surface area contributed by atoms with Gasteiger partial charge >= 0.3 is 0 Å². The number of hydrogen-bond acceptors (Lipinski definition) is 3. The normalized spacial score (nSPS) is 29.6. The summed E-state index contributed by atoms with van der Waals surface area (Å²) in [6, 6.07) is 10.1. The van der Waals surface area contributed by atoms with Gasteiger partial charge in [-0.25, -0.2) is 0 Å². The molecule has 3 rings (SSSR count). The van der Waals surface area contributed by atoms with E-state index < -0.39 is 0 Å². The summed E-state index contributed by atoms with van der Waals surface area (Å²) in [6.07, 6.45) is 5.01. The van der Waals surface area contributed by atoms with Crippen molar-refractivity contribution >= 4 is 11.5 Å². The quantitative estimate of drug-likeness (QED) is 0.846. The number of carbonyl (C=O) groups excluding carboxylic acids is 1. The number of nitrogens with one attached hydrogen (secondary N) is 1. The number of piperidine rings is 1. The van der Waals surface area contributed by atoms with Crippen LogP contribution in [0.5, 0.6) is 0 Å². The highest BCUT2D eigenvalue weighted by atomic mass is 16.1. The summed E-state index contributed by atoms with van der Waals surface area (Å²) in [5, 5.41) is 3.43. The molecule has 0 aliphatic carbocycles. The van der Waals surface area contributed by atoms with Crippen LogP contribution in [0.15, 0.2) is 24.3 Å². The van der Waals surface area contributed by atoms with Gasteiger partial charge in [-0.3, -0.25) is 4.79 Å². The summed E-state index contributed by atoms with van der Waals surface area (Å²) in [5.41, 5.74) is 2.06. The molecule has 0 spiro atoms. The highest BCUT2D eigenvalue weighted by molar-refractivity contribution is 5.95. The number of benzene rings is 1. The van der Waals surface area contributed by atoms with Gasteiger partial charge in [0.2, 0.25) is 0 Å². The second-order valence-corrected chi connectivity index (χ2v) is 5.86. The van der Waals surface area contributed by atoms with Crippen LogP contribution in [-0.2, 0) is 0 Å². The average Bonchev–Trinajstić information content (AvgIpc) is 2.69. The van der Waals surface area contributed by atoms with Crippen molar-refractivity contribution in [1.29, 1.82) is 0 Å². The molecule has 2 aliphatic rings. The highest BCUT2D eigenvalue weighted by Crippen LogP contribution is 2.39. The van der Waals surface area contributed by atoms with Crippen molar-refractivity contribution in [2.45, 2.75) is 50.7 Å². The van der Waals surface area contributed by atoms with E-state index in [0.717, 1.165) is 5.56 Å². The van der Waals surface area contributed by atoms with Gasteiger partial charge in [0.1, 0.15) is 0 Å². The van der Waals surface area contributed by atoms with Crippen LogP contribution < -0.4 is 10.2 Å². The molecule has 2 aliphatic heterocycles. The standard InChI is InChI=1S/C16H22N2O/c1-11(19)12-4-3-5-14(8-12)18-15-6-7-16(18)10-13(9-15)17-2/h3-5,8,13,15-17H,6-7,9-10H2,1-2H3. The van der Waals surface area contributed by atoms with Crippen molar-refractivity contribution in [3.8, 4) is 0 Å². The van der Waals surface area contributed by atoms with Gasteiger partial charge in [-0.1, -0.05) is 12.1 Å². The molecular weight excluding hydrogens is 236 g/mol. The lowest BCUT2D eigenvalue weighted by Gasteiger charge is -2.40. The van der Waals surface area contributed by atoms with E-state index in [1.165, 1.54) is 31.4 Å². The van der Waals surface area contributed by atoms with Crippen molar-refractivity contribution < 1.29 is 4.79 Å². The monoisotopic (exact) mass is 258 g/mol. The molecule has 19 heavy (non-hydrogen) atoms. The topological polar surface area (TPSA) is 32.3 Å². The van der Waals surface area contributed by atoms with Gasteiger partial charge in [0.05, 0.1) is 0 Å². The number of carbonyl (C=O) groups is 1. The van der Waals surface area contributed by atoms with Gasteiger partial charge in [-0.15, -0.1) is 0 Å². The maximum absolute atomic E-state index is 11.5. The molecule has 3 heteroatoms.